The summed E-state index contributed by atoms with van der Waals surface area (Å²) in [6.07, 6.45) is -3.23. The van der Waals surface area contributed by atoms with Gasteiger partial charge in [-0.25, -0.2) is 9.37 Å². The van der Waals surface area contributed by atoms with Gasteiger partial charge in [0.25, 0.3) is 5.91 Å². The maximum atomic E-state index is 14.7. The van der Waals surface area contributed by atoms with Crippen molar-refractivity contribution in [3.63, 3.8) is 0 Å². The topological polar surface area (TPSA) is 86.3 Å². The maximum absolute atomic E-state index is 14.7. The van der Waals surface area contributed by atoms with Gasteiger partial charge in [-0.05, 0) is 36.2 Å². The van der Waals surface area contributed by atoms with Crippen molar-refractivity contribution in [2.45, 2.75) is 25.7 Å². The number of anilines is 1. The molecule has 0 spiro atoms. The summed E-state index contributed by atoms with van der Waals surface area (Å²) in [6.45, 7) is 1.48. The number of aromatic nitrogens is 3. The van der Waals surface area contributed by atoms with Gasteiger partial charge in [0.2, 0.25) is 0 Å². The fourth-order valence-corrected chi connectivity index (χ4v) is 4.67. The standard InChI is InChI=1S/C24H21F4N5O2/c1-11-6-18-14(21-15(22(29)31-18)8-30-33(21)3)7-13(11)23(34)32(2)19-10-35-9-16-12(19)4-5-17(20(16)25)24(26,27)28/h4-8,19H,9-10H2,1-3H3,(H2,29,31)/t19-/m0/s1. The summed E-state index contributed by atoms with van der Waals surface area (Å²) in [7, 11) is 3.28. The first-order valence-corrected chi connectivity index (χ1v) is 10.7. The molecule has 4 aromatic rings. The zero-order valence-electron chi connectivity index (χ0n) is 19.1. The van der Waals surface area contributed by atoms with Crippen molar-refractivity contribution in [2.75, 3.05) is 19.4 Å². The molecule has 0 bridgehead atoms. The van der Waals surface area contributed by atoms with Gasteiger partial charge in [0, 0.05) is 30.6 Å². The number of carbonyl (C=O) groups excluding carboxylic acids is 1. The molecule has 2 N–H and O–H groups in total. The molecule has 5 rings (SSSR count). The van der Waals surface area contributed by atoms with Gasteiger partial charge in [0.15, 0.2) is 0 Å². The average Bonchev–Trinajstić information content (AvgIpc) is 3.19. The zero-order valence-corrected chi connectivity index (χ0v) is 19.1. The number of nitrogen functional groups attached to an aromatic ring is 1. The number of halogens is 4. The molecule has 0 saturated carbocycles. The van der Waals surface area contributed by atoms with Crippen molar-refractivity contribution >= 4 is 33.5 Å². The predicted molar refractivity (Wildman–Crippen MR) is 121 cm³/mol. The first-order chi connectivity index (χ1) is 16.5. The molecular formula is C24H21F4N5O2. The fourth-order valence-electron chi connectivity index (χ4n) is 4.67. The third-order valence-electron chi connectivity index (χ3n) is 6.54. The number of carbonyl (C=O) groups is 1. The van der Waals surface area contributed by atoms with Crippen LogP contribution in [0.5, 0.6) is 0 Å². The minimum absolute atomic E-state index is 0.0245. The van der Waals surface area contributed by atoms with Crippen LogP contribution < -0.4 is 5.73 Å². The summed E-state index contributed by atoms with van der Waals surface area (Å²) in [5.74, 6) is -1.43. The number of likely N-dealkylation sites (N-methyl/N-ethyl adjacent to an activating group) is 1. The van der Waals surface area contributed by atoms with E-state index >= 15 is 0 Å². The normalized spacial score (nSPS) is 16.0. The summed E-state index contributed by atoms with van der Waals surface area (Å²) in [5.41, 5.74) is 7.14. The maximum Gasteiger partial charge on any atom is 0.419 e. The van der Waals surface area contributed by atoms with E-state index in [1.165, 1.54) is 18.0 Å². The molecule has 7 nitrogen and oxygen atoms in total. The van der Waals surface area contributed by atoms with Crippen LogP contribution in [0.15, 0.2) is 30.5 Å². The van der Waals surface area contributed by atoms with E-state index in [9.17, 15) is 22.4 Å². The van der Waals surface area contributed by atoms with E-state index in [4.69, 9.17) is 10.5 Å². The van der Waals surface area contributed by atoms with E-state index in [-0.39, 0.29) is 18.8 Å². The lowest BCUT2D eigenvalue weighted by Crippen LogP contribution is -2.37. The Morgan fingerprint density at radius 3 is 2.71 bits per heavy atom. The minimum atomic E-state index is -4.83. The van der Waals surface area contributed by atoms with Crippen molar-refractivity contribution in [1.29, 1.82) is 0 Å². The van der Waals surface area contributed by atoms with Gasteiger partial charge >= 0.3 is 6.18 Å². The van der Waals surface area contributed by atoms with Crippen LogP contribution >= 0.6 is 0 Å². The van der Waals surface area contributed by atoms with Crippen LogP contribution in [-0.4, -0.2) is 39.2 Å². The minimum Gasteiger partial charge on any atom is -0.383 e. The second-order valence-electron chi connectivity index (χ2n) is 8.65. The molecule has 0 fully saturated rings. The number of benzene rings is 2. The van der Waals surface area contributed by atoms with Crippen LogP contribution in [0.1, 0.15) is 38.7 Å². The molecular weight excluding hydrogens is 466 g/mol. The Kier molecular flexibility index (Phi) is 5.20. The van der Waals surface area contributed by atoms with Crippen molar-refractivity contribution in [3.8, 4) is 0 Å². The smallest absolute Gasteiger partial charge is 0.383 e. The Morgan fingerprint density at radius 1 is 1.26 bits per heavy atom. The van der Waals surface area contributed by atoms with E-state index in [1.54, 1.807) is 37.0 Å². The highest BCUT2D eigenvalue weighted by atomic mass is 19.4. The molecule has 35 heavy (non-hydrogen) atoms. The van der Waals surface area contributed by atoms with Crippen LogP contribution in [0.25, 0.3) is 21.8 Å². The molecule has 1 atom stereocenters. The molecule has 1 amide bonds. The molecule has 0 saturated heterocycles. The Bertz CT molecular complexity index is 1510. The Labute approximate surface area is 197 Å². The van der Waals surface area contributed by atoms with E-state index in [2.05, 4.69) is 10.1 Å². The molecule has 0 aliphatic carbocycles. The number of alkyl halides is 3. The average molecular weight is 487 g/mol. The Balaban J connectivity index is 1.58. The fraction of sp³-hybridized carbons (Fsp3) is 0.292. The number of nitrogens with zero attached hydrogens (tertiary/aromatic N) is 4. The van der Waals surface area contributed by atoms with E-state index in [0.717, 1.165) is 5.52 Å². The molecule has 1 aliphatic rings. The number of fused-ring (bicyclic) bond motifs is 4. The first kappa shape index (κ1) is 23.0. The summed E-state index contributed by atoms with van der Waals surface area (Å²) < 4.78 is 61.3. The van der Waals surface area contributed by atoms with Crippen molar-refractivity contribution in [3.05, 3.63) is 64.1 Å². The Morgan fingerprint density at radius 2 is 2.00 bits per heavy atom. The number of aryl methyl sites for hydroxylation is 2. The van der Waals surface area contributed by atoms with E-state index in [1.807, 2.05) is 0 Å². The summed E-state index contributed by atoms with van der Waals surface area (Å²) in [4.78, 5) is 19.4. The zero-order chi connectivity index (χ0) is 25.2. The van der Waals surface area contributed by atoms with Gasteiger partial charge < -0.3 is 15.4 Å². The summed E-state index contributed by atoms with van der Waals surface area (Å²) in [5, 5.41) is 5.57. The SMILES string of the molecule is Cc1cc2nc(N)c3cnn(C)c3c2cc1C(=O)N(C)[C@H]1COCc2c1ccc(C(F)(F)F)c2F. The van der Waals surface area contributed by atoms with Gasteiger partial charge in [0.05, 0.1) is 47.4 Å². The Hall–Kier alpha value is -3.73. The lowest BCUT2D eigenvalue weighted by atomic mass is 9.94. The summed E-state index contributed by atoms with van der Waals surface area (Å²) in [6, 6.07) is 4.62. The monoisotopic (exact) mass is 487 g/mol. The number of amides is 1. The lowest BCUT2D eigenvalue weighted by Gasteiger charge is -2.34. The number of rotatable bonds is 2. The van der Waals surface area contributed by atoms with Gasteiger partial charge in [-0.3, -0.25) is 9.48 Å². The van der Waals surface area contributed by atoms with Crippen molar-refractivity contribution < 1.29 is 27.1 Å². The third-order valence-corrected chi connectivity index (χ3v) is 6.54. The highest BCUT2D eigenvalue weighted by Gasteiger charge is 2.38. The number of nitrogens with two attached hydrogens (primary N) is 1. The van der Waals surface area contributed by atoms with Crippen molar-refractivity contribution in [2.24, 2.45) is 7.05 Å². The second-order valence-corrected chi connectivity index (χ2v) is 8.65. The summed E-state index contributed by atoms with van der Waals surface area (Å²) >= 11 is 0. The second kappa shape index (κ2) is 7.91. The number of hydrogen-bond acceptors (Lipinski definition) is 5. The van der Waals surface area contributed by atoms with E-state index < -0.39 is 29.5 Å². The van der Waals surface area contributed by atoms with Crippen LogP contribution in [0.3, 0.4) is 0 Å². The number of hydrogen-bond donors (Lipinski definition) is 1. The van der Waals surface area contributed by atoms with Gasteiger partial charge in [0.1, 0.15) is 11.6 Å². The van der Waals surface area contributed by atoms with Crippen LogP contribution in [0, 0.1) is 12.7 Å². The first-order valence-electron chi connectivity index (χ1n) is 10.7. The molecule has 182 valence electrons. The predicted octanol–water partition coefficient (Wildman–Crippen LogP) is 4.51. The highest BCUT2D eigenvalue weighted by Crippen LogP contribution is 2.38. The number of ether oxygens (including phenoxy) is 1. The molecule has 1 aliphatic heterocycles. The molecule has 2 aromatic heterocycles. The van der Waals surface area contributed by atoms with Gasteiger partial charge in [-0.15, -0.1) is 0 Å². The van der Waals surface area contributed by atoms with Crippen molar-refractivity contribution in [1.82, 2.24) is 19.7 Å². The van der Waals surface area contributed by atoms with E-state index in [0.29, 0.717) is 44.9 Å². The van der Waals surface area contributed by atoms with Gasteiger partial charge in [-0.2, -0.15) is 18.3 Å². The van der Waals surface area contributed by atoms with Crippen LogP contribution in [-0.2, 0) is 24.6 Å². The van der Waals surface area contributed by atoms with Gasteiger partial charge in [-0.1, -0.05) is 6.07 Å². The molecule has 2 aromatic carbocycles. The number of pyridine rings is 1. The third kappa shape index (κ3) is 3.57. The van der Waals surface area contributed by atoms with Crippen LogP contribution in [0.2, 0.25) is 0 Å². The molecule has 0 unspecified atom stereocenters. The molecule has 0 radical (unpaired) electrons. The quantitative estimate of drug-likeness (QED) is 0.421. The largest absolute Gasteiger partial charge is 0.419 e. The molecule has 3 heterocycles. The highest BCUT2D eigenvalue weighted by molar-refractivity contribution is 6.10. The lowest BCUT2D eigenvalue weighted by molar-refractivity contribution is -0.140. The van der Waals surface area contributed by atoms with Crippen LogP contribution in [0.4, 0.5) is 23.4 Å². The molecule has 11 heteroatoms.